The van der Waals surface area contributed by atoms with E-state index < -0.39 is 0 Å². The van der Waals surface area contributed by atoms with Crippen LogP contribution in [-0.2, 0) is 0 Å². The lowest BCUT2D eigenvalue weighted by Crippen LogP contribution is -2.36. The third-order valence-corrected chi connectivity index (χ3v) is 4.56. The van der Waals surface area contributed by atoms with Gasteiger partial charge in [0.2, 0.25) is 5.13 Å². The van der Waals surface area contributed by atoms with Crippen LogP contribution in [0.1, 0.15) is 43.2 Å². The highest BCUT2D eigenvalue weighted by atomic mass is 32.1. The number of aromatic nitrogens is 2. The Balaban J connectivity index is 1.92. The van der Waals surface area contributed by atoms with E-state index in [1.807, 2.05) is 19.9 Å². The highest BCUT2D eigenvalue weighted by Crippen LogP contribution is 2.38. The van der Waals surface area contributed by atoms with E-state index in [9.17, 15) is 0 Å². The number of nitrogens with zero attached hydrogens (tertiary/aromatic N) is 3. The molecule has 0 aromatic carbocycles. The predicted molar refractivity (Wildman–Crippen MR) is 76.6 cm³/mol. The molecule has 1 saturated heterocycles. The van der Waals surface area contributed by atoms with Crippen molar-refractivity contribution in [3.8, 4) is 0 Å². The fourth-order valence-corrected chi connectivity index (χ4v) is 3.43. The van der Waals surface area contributed by atoms with E-state index in [2.05, 4.69) is 27.2 Å². The van der Waals surface area contributed by atoms with Gasteiger partial charge in [-0.25, -0.2) is 4.98 Å². The summed E-state index contributed by atoms with van der Waals surface area (Å²) in [4.78, 5) is 6.88. The third kappa shape index (κ3) is 2.52. The molecule has 0 spiro atoms. The highest BCUT2D eigenvalue weighted by molar-refractivity contribution is 7.09. The maximum absolute atomic E-state index is 5.84. The number of anilines is 1. The van der Waals surface area contributed by atoms with Crippen molar-refractivity contribution in [2.75, 3.05) is 11.4 Å². The van der Waals surface area contributed by atoms with E-state index in [1.165, 1.54) is 18.0 Å². The quantitative estimate of drug-likeness (QED) is 0.839. The molecule has 3 heterocycles. The first-order valence-corrected chi connectivity index (χ1v) is 7.54. The van der Waals surface area contributed by atoms with Crippen LogP contribution >= 0.6 is 11.5 Å². The average Bonchev–Trinajstić information content (AvgIpc) is 2.98. The van der Waals surface area contributed by atoms with Crippen LogP contribution in [0.25, 0.3) is 0 Å². The molecule has 2 aromatic heterocycles. The van der Waals surface area contributed by atoms with Crippen LogP contribution in [0, 0.1) is 19.8 Å². The van der Waals surface area contributed by atoms with Gasteiger partial charge in [-0.2, -0.15) is 4.37 Å². The largest absolute Gasteiger partial charge is 0.464 e. The molecule has 0 N–H and O–H groups in total. The molecule has 0 radical (unpaired) electrons. The minimum atomic E-state index is 0.296. The second-order valence-electron chi connectivity index (χ2n) is 5.41. The smallest absolute Gasteiger partial charge is 0.205 e. The fourth-order valence-electron chi connectivity index (χ4n) is 2.68. The van der Waals surface area contributed by atoms with Gasteiger partial charge in [0.15, 0.2) is 0 Å². The van der Waals surface area contributed by atoms with Crippen molar-refractivity contribution in [3.63, 3.8) is 0 Å². The van der Waals surface area contributed by atoms with E-state index in [1.54, 1.807) is 0 Å². The van der Waals surface area contributed by atoms with Crippen LogP contribution in [0.15, 0.2) is 16.5 Å². The minimum absolute atomic E-state index is 0.296. The highest BCUT2D eigenvalue weighted by Gasteiger charge is 2.31. The molecule has 3 rings (SSSR count). The average molecular weight is 277 g/mol. The topological polar surface area (TPSA) is 42.2 Å². The monoisotopic (exact) mass is 277 g/mol. The Labute approximate surface area is 117 Å². The minimum Gasteiger partial charge on any atom is -0.464 e. The summed E-state index contributed by atoms with van der Waals surface area (Å²) >= 11 is 1.49. The van der Waals surface area contributed by atoms with Crippen LogP contribution in [0.4, 0.5) is 5.13 Å². The van der Waals surface area contributed by atoms with Gasteiger partial charge in [0.1, 0.15) is 17.3 Å². The summed E-state index contributed by atoms with van der Waals surface area (Å²) in [5, 5.41) is 1.02. The van der Waals surface area contributed by atoms with Crippen molar-refractivity contribution < 1.29 is 4.42 Å². The molecule has 102 valence electrons. The zero-order valence-electron chi connectivity index (χ0n) is 11.6. The number of piperidine rings is 1. The van der Waals surface area contributed by atoms with Crippen LogP contribution < -0.4 is 4.90 Å². The molecule has 5 heteroatoms. The van der Waals surface area contributed by atoms with E-state index in [4.69, 9.17) is 4.42 Å². The Kier molecular flexibility index (Phi) is 3.31. The lowest BCUT2D eigenvalue weighted by Gasteiger charge is -2.37. The normalized spacial score (nSPS) is 23.8. The molecule has 2 unspecified atom stereocenters. The standard InChI is InChI=1S/C14H19N3OS/c1-9-6-7-17(14-15-11(3)16-19-14)12(8-9)13-5-4-10(2)18-13/h4-5,9,12H,6-8H2,1-3H3. The summed E-state index contributed by atoms with van der Waals surface area (Å²) in [6, 6.07) is 4.43. The van der Waals surface area contributed by atoms with Crippen LogP contribution in [0.3, 0.4) is 0 Å². The molecule has 0 saturated carbocycles. The van der Waals surface area contributed by atoms with Crippen LogP contribution in [0.5, 0.6) is 0 Å². The molecule has 2 atom stereocenters. The van der Waals surface area contributed by atoms with Crippen LogP contribution in [-0.4, -0.2) is 15.9 Å². The maximum Gasteiger partial charge on any atom is 0.205 e. The zero-order chi connectivity index (χ0) is 13.4. The summed E-state index contributed by atoms with van der Waals surface area (Å²) in [6.45, 7) is 7.28. The van der Waals surface area contributed by atoms with Crippen molar-refractivity contribution in [1.29, 1.82) is 0 Å². The van der Waals surface area contributed by atoms with Crippen molar-refractivity contribution >= 4 is 16.7 Å². The van der Waals surface area contributed by atoms with E-state index in [0.717, 1.165) is 41.4 Å². The van der Waals surface area contributed by atoms with Gasteiger partial charge in [-0.1, -0.05) is 6.92 Å². The lowest BCUT2D eigenvalue weighted by atomic mass is 9.91. The Morgan fingerprint density at radius 1 is 1.37 bits per heavy atom. The number of hydrogen-bond acceptors (Lipinski definition) is 5. The fraction of sp³-hybridized carbons (Fsp3) is 0.571. The molecule has 19 heavy (non-hydrogen) atoms. The summed E-state index contributed by atoms with van der Waals surface area (Å²) in [5.41, 5.74) is 0. The summed E-state index contributed by atoms with van der Waals surface area (Å²) in [6.07, 6.45) is 2.32. The molecule has 4 nitrogen and oxygen atoms in total. The molecule has 2 aromatic rings. The van der Waals surface area contributed by atoms with Gasteiger partial charge in [-0.3, -0.25) is 0 Å². The number of furan rings is 1. The van der Waals surface area contributed by atoms with Gasteiger partial charge < -0.3 is 9.32 Å². The van der Waals surface area contributed by atoms with Crippen molar-refractivity contribution in [1.82, 2.24) is 9.36 Å². The number of hydrogen-bond donors (Lipinski definition) is 0. The molecule has 1 fully saturated rings. The lowest BCUT2D eigenvalue weighted by molar-refractivity contribution is 0.324. The van der Waals surface area contributed by atoms with Gasteiger partial charge in [0.25, 0.3) is 0 Å². The SMILES string of the molecule is Cc1nsc(N2CCC(C)CC2c2ccc(C)o2)n1. The Morgan fingerprint density at radius 2 is 2.21 bits per heavy atom. The van der Waals surface area contributed by atoms with Crippen molar-refractivity contribution in [2.24, 2.45) is 5.92 Å². The summed E-state index contributed by atoms with van der Waals surface area (Å²) in [7, 11) is 0. The second kappa shape index (κ2) is 4.96. The van der Waals surface area contributed by atoms with Crippen molar-refractivity contribution in [3.05, 3.63) is 29.5 Å². The van der Waals surface area contributed by atoms with Gasteiger partial charge in [-0.05, 0) is 44.7 Å². The van der Waals surface area contributed by atoms with E-state index >= 15 is 0 Å². The molecular formula is C14H19N3OS. The van der Waals surface area contributed by atoms with Gasteiger partial charge in [0, 0.05) is 18.1 Å². The predicted octanol–water partition coefficient (Wildman–Crippen LogP) is 3.73. The van der Waals surface area contributed by atoms with Gasteiger partial charge >= 0.3 is 0 Å². The summed E-state index contributed by atoms with van der Waals surface area (Å²) in [5.74, 6) is 3.60. The molecule has 0 aliphatic carbocycles. The van der Waals surface area contributed by atoms with Crippen LogP contribution in [0.2, 0.25) is 0 Å². The molecule has 0 bridgehead atoms. The molecular weight excluding hydrogens is 258 g/mol. The molecule has 1 aliphatic rings. The number of aryl methyl sites for hydroxylation is 2. The van der Waals surface area contributed by atoms with Gasteiger partial charge in [-0.15, -0.1) is 0 Å². The second-order valence-corrected chi connectivity index (χ2v) is 6.14. The Hall–Kier alpha value is -1.36. The zero-order valence-corrected chi connectivity index (χ0v) is 12.4. The number of rotatable bonds is 2. The molecule has 1 aliphatic heterocycles. The Morgan fingerprint density at radius 3 is 2.84 bits per heavy atom. The van der Waals surface area contributed by atoms with Crippen molar-refractivity contribution in [2.45, 2.75) is 39.7 Å². The summed E-state index contributed by atoms with van der Waals surface area (Å²) < 4.78 is 10.1. The first-order valence-electron chi connectivity index (χ1n) is 6.77. The Bertz CT molecular complexity index is 563. The van der Waals surface area contributed by atoms with E-state index in [0.29, 0.717) is 6.04 Å². The maximum atomic E-state index is 5.84. The first kappa shape index (κ1) is 12.7. The van der Waals surface area contributed by atoms with E-state index in [-0.39, 0.29) is 0 Å². The van der Waals surface area contributed by atoms with Gasteiger partial charge in [0.05, 0.1) is 6.04 Å². The first-order chi connectivity index (χ1) is 9.13. The third-order valence-electron chi connectivity index (χ3n) is 3.72. The molecule has 0 amide bonds.